The molecule has 0 aliphatic carbocycles. The van der Waals surface area contributed by atoms with E-state index >= 15 is 0 Å². The van der Waals surface area contributed by atoms with Gasteiger partial charge in [0.25, 0.3) is 0 Å². The van der Waals surface area contributed by atoms with Gasteiger partial charge in [-0.2, -0.15) is 0 Å². The molecule has 0 heterocycles. The lowest BCUT2D eigenvalue weighted by Crippen LogP contribution is -2.11. The molecule has 0 saturated carbocycles. The Kier molecular flexibility index (Phi) is 6.12. The van der Waals surface area contributed by atoms with Gasteiger partial charge in [0.05, 0.1) is 19.6 Å². The maximum atomic E-state index is 11.1. The van der Waals surface area contributed by atoms with E-state index in [9.17, 15) is 4.79 Å². The van der Waals surface area contributed by atoms with Gasteiger partial charge in [-0.3, -0.25) is 4.79 Å². The van der Waals surface area contributed by atoms with Gasteiger partial charge in [-0.05, 0) is 23.7 Å². The molecule has 0 N–H and O–H groups in total. The van der Waals surface area contributed by atoms with Crippen LogP contribution in [0.2, 0.25) is 0 Å². The Balaban J connectivity index is 2.53. The van der Waals surface area contributed by atoms with Crippen LogP contribution in [0.1, 0.15) is 30.1 Å². The molecule has 0 aromatic heterocycles. The van der Waals surface area contributed by atoms with Gasteiger partial charge in [-0.15, -0.1) is 0 Å². The van der Waals surface area contributed by atoms with Crippen molar-refractivity contribution in [2.45, 2.75) is 24.5 Å². The van der Waals surface area contributed by atoms with Gasteiger partial charge in [0.1, 0.15) is 5.25 Å². The highest BCUT2D eigenvalue weighted by Gasteiger charge is 2.23. The van der Waals surface area contributed by atoms with E-state index in [0.717, 1.165) is 12.8 Å². The van der Waals surface area contributed by atoms with Gasteiger partial charge in [0.15, 0.2) is 0 Å². The topological polar surface area (TPSA) is 26.3 Å². The van der Waals surface area contributed by atoms with E-state index in [-0.39, 0.29) is 5.97 Å². The summed E-state index contributed by atoms with van der Waals surface area (Å²) in [4.78, 5) is 11.1. The summed E-state index contributed by atoms with van der Waals surface area (Å²) in [5.41, 5.74) is 1.38. The molecule has 0 saturated heterocycles. The summed E-state index contributed by atoms with van der Waals surface area (Å²) in [5, 5.41) is 0.556. The van der Waals surface area contributed by atoms with Crippen molar-refractivity contribution in [1.82, 2.24) is 0 Å². The van der Waals surface area contributed by atoms with Gasteiger partial charge in [0.2, 0.25) is 0 Å². The SMILES string of the molecule is COC(=O)CCCC(c1ccccc1)[S+](C)C. The van der Waals surface area contributed by atoms with Crippen LogP contribution in [0, 0.1) is 0 Å². The number of carbonyl (C=O) groups excluding carboxylic acids is 1. The number of rotatable bonds is 6. The van der Waals surface area contributed by atoms with Crippen molar-refractivity contribution in [2.24, 2.45) is 0 Å². The standard InChI is InChI=1S/C14H21O2S/c1-16-14(15)11-7-10-13(17(2)3)12-8-5-4-6-9-12/h4-6,8-9,13H,7,10-11H2,1-3H3/q+1. The Morgan fingerprint density at radius 2 is 1.94 bits per heavy atom. The quantitative estimate of drug-likeness (QED) is 0.575. The lowest BCUT2D eigenvalue weighted by atomic mass is 10.1. The van der Waals surface area contributed by atoms with Crippen molar-refractivity contribution in [2.75, 3.05) is 19.6 Å². The average Bonchev–Trinajstić information content (AvgIpc) is 2.34. The number of ether oxygens (including phenoxy) is 1. The molecular formula is C14H21O2S+. The van der Waals surface area contributed by atoms with Crippen LogP contribution in [0.4, 0.5) is 0 Å². The van der Waals surface area contributed by atoms with E-state index in [1.807, 2.05) is 6.07 Å². The van der Waals surface area contributed by atoms with E-state index in [1.165, 1.54) is 12.7 Å². The van der Waals surface area contributed by atoms with Crippen LogP contribution in [-0.4, -0.2) is 25.6 Å². The van der Waals surface area contributed by atoms with E-state index in [2.05, 4.69) is 41.5 Å². The Morgan fingerprint density at radius 1 is 1.29 bits per heavy atom. The number of hydrogen-bond donors (Lipinski definition) is 0. The van der Waals surface area contributed by atoms with Crippen LogP contribution < -0.4 is 0 Å². The summed E-state index contributed by atoms with van der Waals surface area (Å²) < 4.78 is 4.66. The summed E-state index contributed by atoms with van der Waals surface area (Å²) in [6.07, 6.45) is 7.00. The molecule has 1 aromatic carbocycles. The summed E-state index contributed by atoms with van der Waals surface area (Å²) in [6.45, 7) is 0. The minimum atomic E-state index is -0.107. The van der Waals surface area contributed by atoms with Crippen molar-refractivity contribution in [3.8, 4) is 0 Å². The van der Waals surface area contributed by atoms with Crippen LogP contribution in [-0.2, 0) is 20.4 Å². The first-order valence-corrected chi connectivity index (χ1v) is 7.93. The first kappa shape index (κ1) is 14.1. The highest BCUT2D eigenvalue weighted by molar-refractivity contribution is 7.95. The van der Waals surface area contributed by atoms with E-state index in [1.54, 1.807) is 0 Å². The normalized spacial score (nSPS) is 12.5. The molecule has 0 amide bonds. The first-order chi connectivity index (χ1) is 8.15. The first-order valence-electron chi connectivity index (χ1n) is 5.83. The second-order valence-corrected chi connectivity index (χ2v) is 6.58. The van der Waals surface area contributed by atoms with E-state index in [0.29, 0.717) is 22.6 Å². The largest absolute Gasteiger partial charge is 0.469 e. The fourth-order valence-corrected chi connectivity index (χ4v) is 3.22. The lowest BCUT2D eigenvalue weighted by molar-refractivity contribution is -0.140. The maximum absolute atomic E-state index is 11.1. The molecule has 0 radical (unpaired) electrons. The number of methoxy groups -OCH3 is 1. The fourth-order valence-electron chi connectivity index (χ4n) is 1.88. The average molecular weight is 253 g/mol. The highest BCUT2D eigenvalue weighted by atomic mass is 32.2. The number of hydrogen-bond acceptors (Lipinski definition) is 2. The Bertz CT molecular complexity index is 335. The van der Waals surface area contributed by atoms with Crippen molar-refractivity contribution < 1.29 is 9.53 Å². The van der Waals surface area contributed by atoms with Gasteiger partial charge in [-0.25, -0.2) is 0 Å². The van der Waals surface area contributed by atoms with Crippen LogP contribution in [0.15, 0.2) is 30.3 Å². The molecule has 2 nitrogen and oxygen atoms in total. The molecule has 0 aliphatic rings. The second-order valence-electron chi connectivity index (χ2n) is 4.25. The molecule has 94 valence electrons. The third-order valence-corrected chi connectivity index (χ3v) is 4.46. The molecule has 0 spiro atoms. The van der Waals surface area contributed by atoms with Crippen molar-refractivity contribution in [1.29, 1.82) is 0 Å². The van der Waals surface area contributed by atoms with Gasteiger partial charge >= 0.3 is 5.97 Å². The van der Waals surface area contributed by atoms with Crippen molar-refractivity contribution >= 4 is 16.9 Å². The zero-order valence-corrected chi connectivity index (χ0v) is 11.6. The smallest absolute Gasteiger partial charge is 0.305 e. The van der Waals surface area contributed by atoms with Crippen LogP contribution in [0.3, 0.4) is 0 Å². The number of benzene rings is 1. The molecular weight excluding hydrogens is 232 g/mol. The zero-order valence-electron chi connectivity index (χ0n) is 10.8. The van der Waals surface area contributed by atoms with Gasteiger partial charge in [0, 0.05) is 12.0 Å². The van der Waals surface area contributed by atoms with E-state index in [4.69, 9.17) is 0 Å². The van der Waals surface area contributed by atoms with E-state index < -0.39 is 0 Å². The van der Waals surface area contributed by atoms with Crippen molar-refractivity contribution in [3.63, 3.8) is 0 Å². The molecule has 0 bridgehead atoms. The highest BCUT2D eigenvalue weighted by Crippen LogP contribution is 2.27. The molecule has 1 aromatic rings. The molecule has 1 unspecified atom stereocenters. The van der Waals surface area contributed by atoms with Crippen molar-refractivity contribution in [3.05, 3.63) is 35.9 Å². The predicted octanol–water partition coefficient (Wildman–Crippen LogP) is 2.95. The lowest BCUT2D eigenvalue weighted by Gasteiger charge is -2.13. The molecule has 0 fully saturated rings. The second kappa shape index (κ2) is 7.38. The Morgan fingerprint density at radius 3 is 2.47 bits per heavy atom. The summed E-state index contributed by atoms with van der Waals surface area (Å²) in [6, 6.07) is 10.6. The summed E-state index contributed by atoms with van der Waals surface area (Å²) >= 11 is 0. The fraction of sp³-hybridized carbons (Fsp3) is 0.500. The molecule has 1 rings (SSSR count). The monoisotopic (exact) mass is 253 g/mol. The van der Waals surface area contributed by atoms with Gasteiger partial charge < -0.3 is 4.74 Å². The van der Waals surface area contributed by atoms with Gasteiger partial charge in [-0.1, -0.05) is 30.3 Å². The number of carbonyl (C=O) groups is 1. The summed E-state index contributed by atoms with van der Waals surface area (Å²) in [7, 11) is 1.77. The minimum Gasteiger partial charge on any atom is -0.469 e. The third kappa shape index (κ3) is 4.82. The predicted molar refractivity (Wildman–Crippen MR) is 74.3 cm³/mol. The van der Waals surface area contributed by atoms with Crippen LogP contribution >= 0.6 is 0 Å². The maximum Gasteiger partial charge on any atom is 0.305 e. The van der Waals surface area contributed by atoms with Crippen LogP contribution in [0.25, 0.3) is 0 Å². The minimum absolute atomic E-state index is 0.107. The summed E-state index contributed by atoms with van der Waals surface area (Å²) in [5.74, 6) is -0.107. The van der Waals surface area contributed by atoms with Crippen LogP contribution in [0.5, 0.6) is 0 Å². The Labute approximate surface area is 107 Å². The number of esters is 1. The Hall–Kier alpha value is -0.960. The molecule has 17 heavy (non-hydrogen) atoms. The molecule has 3 heteroatoms. The third-order valence-electron chi connectivity index (χ3n) is 2.82. The molecule has 1 atom stereocenters. The zero-order chi connectivity index (χ0) is 12.7. The molecule has 0 aliphatic heterocycles.